The summed E-state index contributed by atoms with van der Waals surface area (Å²) in [6, 6.07) is 7.62. The molecule has 0 radical (unpaired) electrons. The van der Waals surface area contributed by atoms with Crippen LogP contribution >= 0.6 is 11.3 Å². The summed E-state index contributed by atoms with van der Waals surface area (Å²) in [6.45, 7) is 0. The van der Waals surface area contributed by atoms with Crippen molar-refractivity contribution in [3.05, 3.63) is 36.7 Å². The molecule has 2 N–H and O–H groups in total. The normalized spacial score (nSPS) is 10.5. The minimum atomic E-state index is -1.12. The molecule has 3 aromatic rings. The molecule has 0 saturated carbocycles. The zero-order chi connectivity index (χ0) is 14.8. The third kappa shape index (κ3) is 2.77. The first kappa shape index (κ1) is 13.3. The van der Waals surface area contributed by atoms with Gasteiger partial charge in [-0.05, 0) is 23.8 Å². The van der Waals surface area contributed by atoms with Crippen LogP contribution in [0.25, 0.3) is 21.3 Å². The molecule has 0 aliphatic carbocycles. The van der Waals surface area contributed by atoms with E-state index in [-0.39, 0.29) is 0 Å². The lowest BCUT2D eigenvalue weighted by molar-refractivity contribution is 0.210. The molecular formula is C14H11N3O3S. The third-order valence-electron chi connectivity index (χ3n) is 2.88. The van der Waals surface area contributed by atoms with Crippen molar-refractivity contribution in [3.63, 3.8) is 0 Å². The molecule has 1 amide bonds. The fourth-order valence-electron chi connectivity index (χ4n) is 1.94. The molecule has 1 aromatic carbocycles. The number of aromatic nitrogens is 2. The Balaban J connectivity index is 2.01. The standard InChI is InChI=1S/C14H11N3O3S/c1-20-10-4-9(6-15-7-10)8-2-3-11-12(5-8)21-13(16-11)17-14(18)19/h2-7H,1H3,(H,16,17)(H,18,19). The van der Waals surface area contributed by atoms with Gasteiger partial charge in [0.25, 0.3) is 0 Å². The minimum absolute atomic E-state index is 0.360. The van der Waals surface area contributed by atoms with Crippen molar-refractivity contribution >= 4 is 32.8 Å². The Morgan fingerprint density at radius 3 is 2.90 bits per heavy atom. The summed E-state index contributed by atoms with van der Waals surface area (Å²) < 4.78 is 6.07. The van der Waals surface area contributed by atoms with Crippen LogP contribution in [-0.2, 0) is 0 Å². The number of nitrogens with zero attached hydrogens (tertiary/aromatic N) is 2. The summed E-state index contributed by atoms with van der Waals surface area (Å²) in [5.41, 5.74) is 2.65. The van der Waals surface area contributed by atoms with Gasteiger partial charge in [-0.3, -0.25) is 10.3 Å². The number of carbonyl (C=O) groups is 1. The molecule has 106 valence electrons. The highest BCUT2D eigenvalue weighted by Gasteiger charge is 2.08. The number of thiazole rings is 1. The SMILES string of the molecule is COc1cncc(-c2ccc3nc(NC(=O)O)sc3c2)c1. The van der Waals surface area contributed by atoms with Crippen molar-refractivity contribution in [2.45, 2.75) is 0 Å². The predicted molar refractivity (Wildman–Crippen MR) is 81.1 cm³/mol. The number of ether oxygens (including phenoxy) is 1. The van der Waals surface area contributed by atoms with E-state index in [2.05, 4.69) is 15.3 Å². The average molecular weight is 301 g/mol. The van der Waals surface area contributed by atoms with Crippen molar-refractivity contribution in [2.75, 3.05) is 12.4 Å². The highest BCUT2D eigenvalue weighted by atomic mass is 32.1. The molecule has 0 aliphatic heterocycles. The Hall–Kier alpha value is -2.67. The molecule has 3 rings (SSSR count). The molecule has 0 bridgehead atoms. The van der Waals surface area contributed by atoms with Crippen LogP contribution in [0.3, 0.4) is 0 Å². The maximum Gasteiger partial charge on any atom is 0.410 e. The largest absolute Gasteiger partial charge is 0.495 e. The molecule has 0 aliphatic rings. The molecule has 0 unspecified atom stereocenters. The summed E-state index contributed by atoms with van der Waals surface area (Å²) in [5.74, 6) is 0.685. The maximum atomic E-state index is 10.6. The van der Waals surface area contributed by atoms with Gasteiger partial charge in [-0.1, -0.05) is 17.4 Å². The Bertz CT molecular complexity index is 816. The quantitative estimate of drug-likeness (QED) is 0.774. The summed E-state index contributed by atoms with van der Waals surface area (Å²) in [4.78, 5) is 19.0. The predicted octanol–water partition coefficient (Wildman–Crippen LogP) is 3.46. The highest BCUT2D eigenvalue weighted by molar-refractivity contribution is 7.22. The second kappa shape index (κ2) is 5.37. The van der Waals surface area contributed by atoms with Crippen molar-refractivity contribution in [1.82, 2.24) is 9.97 Å². The van der Waals surface area contributed by atoms with Crippen LogP contribution in [0.2, 0.25) is 0 Å². The zero-order valence-electron chi connectivity index (χ0n) is 11.0. The summed E-state index contributed by atoms with van der Waals surface area (Å²) in [7, 11) is 1.59. The van der Waals surface area contributed by atoms with Crippen molar-refractivity contribution in [1.29, 1.82) is 0 Å². The average Bonchev–Trinajstić information content (AvgIpc) is 2.87. The minimum Gasteiger partial charge on any atom is -0.495 e. The Kier molecular flexibility index (Phi) is 3.41. The van der Waals surface area contributed by atoms with Gasteiger partial charge in [-0.25, -0.2) is 9.78 Å². The molecule has 0 saturated heterocycles. The summed E-state index contributed by atoms with van der Waals surface area (Å²) in [5, 5.41) is 11.3. The molecule has 6 nitrogen and oxygen atoms in total. The van der Waals surface area contributed by atoms with E-state index in [4.69, 9.17) is 9.84 Å². The number of hydrogen-bond donors (Lipinski definition) is 2. The fourth-order valence-corrected chi connectivity index (χ4v) is 2.83. The second-order valence-corrected chi connectivity index (χ2v) is 5.28. The number of fused-ring (bicyclic) bond motifs is 1. The van der Waals surface area contributed by atoms with Gasteiger partial charge >= 0.3 is 6.09 Å². The lowest BCUT2D eigenvalue weighted by Crippen LogP contribution is -2.06. The number of pyridine rings is 1. The van der Waals surface area contributed by atoms with Gasteiger partial charge in [-0.2, -0.15) is 0 Å². The zero-order valence-corrected chi connectivity index (χ0v) is 11.8. The van der Waals surface area contributed by atoms with Gasteiger partial charge < -0.3 is 9.84 Å². The number of benzene rings is 1. The van der Waals surface area contributed by atoms with E-state index in [1.165, 1.54) is 11.3 Å². The molecule has 0 fully saturated rings. The number of nitrogens with one attached hydrogen (secondary N) is 1. The van der Waals surface area contributed by atoms with E-state index < -0.39 is 6.09 Å². The number of anilines is 1. The topological polar surface area (TPSA) is 84.3 Å². The van der Waals surface area contributed by atoms with Crippen molar-refractivity contribution in [3.8, 4) is 16.9 Å². The smallest absolute Gasteiger partial charge is 0.410 e. The highest BCUT2D eigenvalue weighted by Crippen LogP contribution is 2.31. The number of amides is 1. The Morgan fingerprint density at radius 2 is 2.14 bits per heavy atom. The summed E-state index contributed by atoms with van der Waals surface area (Å²) >= 11 is 1.29. The van der Waals surface area contributed by atoms with E-state index in [1.807, 2.05) is 24.3 Å². The van der Waals surface area contributed by atoms with E-state index in [0.717, 1.165) is 21.3 Å². The van der Waals surface area contributed by atoms with Gasteiger partial charge in [0.2, 0.25) is 0 Å². The lowest BCUT2D eigenvalue weighted by atomic mass is 10.1. The van der Waals surface area contributed by atoms with Crippen LogP contribution in [0.15, 0.2) is 36.7 Å². The van der Waals surface area contributed by atoms with Crippen LogP contribution in [0.5, 0.6) is 5.75 Å². The van der Waals surface area contributed by atoms with Gasteiger partial charge in [0.1, 0.15) is 5.75 Å². The molecule has 0 atom stereocenters. The van der Waals surface area contributed by atoms with Gasteiger partial charge in [0.05, 0.1) is 23.5 Å². The van der Waals surface area contributed by atoms with E-state index in [9.17, 15) is 4.79 Å². The van der Waals surface area contributed by atoms with Gasteiger partial charge in [-0.15, -0.1) is 0 Å². The fraction of sp³-hybridized carbons (Fsp3) is 0.0714. The number of rotatable bonds is 3. The van der Waals surface area contributed by atoms with E-state index in [0.29, 0.717) is 10.9 Å². The van der Waals surface area contributed by atoms with Crippen molar-refractivity contribution < 1.29 is 14.6 Å². The Labute approximate surface area is 124 Å². The van der Waals surface area contributed by atoms with Crippen LogP contribution in [0.4, 0.5) is 9.93 Å². The number of carboxylic acid groups (broad SMARTS) is 1. The lowest BCUT2D eigenvalue weighted by Gasteiger charge is -2.03. The van der Waals surface area contributed by atoms with Crippen LogP contribution in [-0.4, -0.2) is 28.3 Å². The molecule has 2 aromatic heterocycles. The van der Waals surface area contributed by atoms with Gasteiger partial charge in [0, 0.05) is 11.8 Å². The molecule has 21 heavy (non-hydrogen) atoms. The first-order valence-electron chi connectivity index (χ1n) is 6.05. The molecule has 0 spiro atoms. The molecular weight excluding hydrogens is 290 g/mol. The first-order chi connectivity index (χ1) is 10.2. The molecule has 2 heterocycles. The monoisotopic (exact) mass is 301 g/mol. The Morgan fingerprint density at radius 1 is 1.29 bits per heavy atom. The molecule has 7 heteroatoms. The number of methoxy groups -OCH3 is 1. The van der Waals surface area contributed by atoms with Crippen LogP contribution in [0.1, 0.15) is 0 Å². The maximum absolute atomic E-state index is 10.6. The van der Waals surface area contributed by atoms with Crippen LogP contribution in [0, 0.1) is 0 Å². The first-order valence-corrected chi connectivity index (χ1v) is 6.87. The second-order valence-electron chi connectivity index (χ2n) is 4.25. The number of hydrogen-bond acceptors (Lipinski definition) is 5. The third-order valence-corrected chi connectivity index (χ3v) is 3.82. The van der Waals surface area contributed by atoms with E-state index in [1.54, 1.807) is 19.5 Å². The van der Waals surface area contributed by atoms with Gasteiger partial charge in [0.15, 0.2) is 5.13 Å². The van der Waals surface area contributed by atoms with E-state index >= 15 is 0 Å². The van der Waals surface area contributed by atoms with Crippen LogP contribution < -0.4 is 10.1 Å². The van der Waals surface area contributed by atoms with Crippen molar-refractivity contribution in [2.24, 2.45) is 0 Å². The summed E-state index contributed by atoms with van der Waals surface area (Å²) in [6.07, 6.45) is 2.27.